The lowest BCUT2D eigenvalue weighted by atomic mass is 9.93. The van der Waals surface area contributed by atoms with Crippen LogP contribution in [0.15, 0.2) is 23.4 Å². The van der Waals surface area contributed by atoms with E-state index >= 15 is 0 Å². The first-order valence-corrected chi connectivity index (χ1v) is 8.25. The SMILES string of the molecule is CCOC(=O)C1=C(CC)NC(=O)NC1c1cc([N+](=O)[O-])c(OC)cc1OC. The molecule has 1 aliphatic rings. The van der Waals surface area contributed by atoms with Crippen LogP contribution >= 0.6 is 0 Å². The van der Waals surface area contributed by atoms with E-state index in [-0.39, 0.29) is 34.9 Å². The molecule has 2 rings (SSSR count). The van der Waals surface area contributed by atoms with Gasteiger partial charge in [0.15, 0.2) is 0 Å². The van der Waals surface area contributed by atoms with Crippen LogP contribution in [0.1, 0.15) is 31.9 Å². The predicted octanol–water partition coefficient (Wildman–Crippen LogP) is 2.19. The van der Waals surface area contributed by atoms with Crippen molar-refractivity contribution < 1.29 is 28.7 Å². The molecule has 0 spiro atoms. The summed E-state index contributed by atoms with van der Waals surface area (Å²) in [5.41, 5.74) is 0.468. The van der Waals surface area contributed by atoms with Gasteiger partial charge in [-0.2, -0.15) is 0 Å². The summed E-state index contributed by atoms with van der Waals surface area (Å²) >= 11 is 0. The number of hydrogen-bond donors (Lipinski definition) is 2. The molecule has 0 aromatic heterocycles. The molecule has 0 fully saturated rings. The van der Waals surface area contributed by atoms with Gasteiger partial charge in [0, 0.05) is 23.4 Å². The summed E-state index contributed by atoms with van der Waals surface area (Å²) in [6.07, 6.45) is 0.360. The molecular weight excluding hydrogens is 358 g/mol. The summed E-state index contributed by atoms with van der Waals surface area (Å²) in [4.78, 5) is 35.4. The van der Waals surface area contributed by atoms with Crippen LogP contribution in [0, 0.1) is 10.1 Å². The van der Waals surface area contributed by atoms with Gasteiger partial charge in [0.05, 0.1) is 37.4 Å². The Hall–Kier alpha value is -3.30. The lowest BCUT2D eigenvalue weighted by Crippen LogP contribution is -2.46. The van der Waals surface area contributed by atoms with Gasteiger partial charge in [0.2, 0.25) is 5.75 Å². The zero-order valence-corrected chi connectivity index (χ0v) is 15.5. The van der Waals surface area contributed by atoms with Gasteiger partial charge in [-0.3, -0.25) is 10.1 Å². The highest BCUT2D eigenvalue weighted by atomic mass is 16.6. The van der Waals surface area contributed by atoms with Crippen molar-refractivity contribution in [1.29, 1.82) is 0 Å². The number of benzene rings is 1. The molecule has 10 nitrogen and oxygen atoms in total. The van der Waals surface area contributed by atoms with Crippen LogP contribution in [-0.4, -0.2) is 37.8 Å². The molecule has 1 unspecified atom stereocenters. The normalized spacial score (nSPS) is 16.3. The maximum Gasteiger partial charge on any atom is 0.338 e. The Labute approximate surface area is 155 Å². The number of nitrogens with zero attached hydrogens (tertiary/aromatic N) is 1. The van der Waals surface area contributed by atoms with E-state index in [9.17, 15) is 19.7 Å². The number of methoxy groups -OCH3 is 2. The molecule has 2 N–H and O–H groups in total. The third-order valence-electron chi connectivity index (χ3n) is 4.04. The molecule has 0 saturated carbocycles. The number of nitrogens with one attached hydrogen (secondary N) is 2. The fourth-order valence-corrected chi connectivity index (χ4v) is 2.85. The first kappa shape index (κ1) is 20.0. The van der Waals surface area contributed by atoms with Crippen LogP contribution in [0.5, 0.6) is 11.5 Å². The van der Waals surface area contributed by atoms with E-state index in [1.807, 2.05) is 0 Å². The number of carbonyl (C=O) groups is 2. The fourth-order valence-electron chi connectivity index (χ4n) is 2.85. The van der Waals surface area contributed by atoms with Gasteiger partial charge in [-0.1, -0.05) is 6.92 Å². The average Bonchev–Trinajstić information content (AvgIpc) is 2.65. The molecule has 0 aliphatic carbocycles. The molecular formula is C17H21N3O7. The van der Waals surface area contributed by atoms with Crippen LogP contribution in [-0.2, 0) is 9.53 Å². The van der Waals surface area contributed by atoms with Crippen molar-refractivity contribution >= 4 is 17.7 Å². The maximum atomic E-state index is 12.5. The molecule has 1 atom stereocenters. The van der Waals surface area contributed by atoms with Gasteiger partial charge in [-0.15, -0.1) is 0 Å². The smallest absolute Gasteiger partial charge is 0.338 e. The summed E-state index contributed by atoms with van der Waals surface area (Å²) in [5, 5.41) is 16.6. The summed E-state index contributed by atoms with van der Waals surface area (Å²) in [6, 6.07) is 1.05. The number of amides is 2. The molecule has 2 amide bonds. The highest BCUT2D eigenvalue weighted by Gasteiger charge is 2.36. The summed E-state index contributed by atoms with van der Waals surface area (Å²) in [5.74, 6) is -0.410. The first-order chi connectivity index (χ1) is 12.9. The van der Waals surface area contributed by atoms with E-state index < -0.39 is 23.0 Å². The van der Waals surface area contributed by atoms with E-state index in [4.69, 9.17) is 14.2 Å². The third kappa shape index (κ3) is 3.94. The lowest BCUT2D eigenvalue weighted by Gasteiger charge is -2.29. The molecule has 146 valence electrons. The minimum absolute atomic E-state index is 0.00163. The van der Waals surface area contributed by atoms with Crippen molar-refractivity contribution in [2.45, 2.75) is 26.3 Å². The Morgan fingerprint density at radius 2 is 1.89 bits per heavy atom. The number of urea groups is 1. The van der Waals surface area contributed by atoms with E-state index in [1.54, 1.807) is 13.8 Å². The quantitative estimate of drug-likeness (QED) is 0.422. The van der Waals surface area contributed by atoms with E-state index in [1.165, 1.54) is 26.4 Å². The van der Waals surface area contributed by atoms with Crippen LogP contribution in [0.4, 0.5) is 10.5 Å². The Balaban J connectivity index is 2.71. The average molecular weight is 379 g/mol. The zero-order valence-electron chi connectivity index (χ0n) is 15.5. The summed E-state index contributed by atoms with van der Waals surface area (Å²) in [6.45, 7) is 3.57. The number of allylic oxidation sites excluding steroid dienone is 1. The molecule has 27 heavy (non-hydrogen) atoms. The molecule has 1 heterocycles. The number of hydrogen-bond acceptors (Lipinski definition) is 7. The Morgan fingerprint density at radius 1 is 1.22 bits per heavy atom. The Bertz CT molecular complexity index is 804. The molecule has 0 saturated heterocycles. The number of rotatable bonds is 7. The van der Waals surface area contributed by atoms with Crippen molar-refractivity contribution in [3.63, 3.8) is 0 Å². The van der Waals surface area contributed by atoms with Gasteiger partial charge in [-0.25, -0.2) is 9.59 Å². The molecule has 0 radical (unpaired) electrons. The van der Waals surface area contributed by atoms with Gasteiger partial charge < -0.3 is 24.8 Å². The van der Waals surface area contributed by atoms with Crippen LogP contribution in [0.3, 0.4) is 0 Å². The highest BCUT2D eigenvalue weighted by molar-refractivity contribution is 5.95. The first-order valence-electron chi connectivity index (χ1n) is 8.25. The lowest BCUT2D eigenvalue weighted by molar-refractivity contribution is -0.385. The molecule has 1 aliphatic heterocycles. The van der Waals surface area contributed by atoms with E-state index in [0.717, 1.165) is 0 Å². The number of esters is 1. The van der Waals surface area contributed by atoms with Crippen molar-refractivity contribution in [3.05, 3.63) is 39.1 Å². The summed E-state index contributed by atoms with van der Waals surface area (Å²) < 4.78 is 15.5. The number of nitro groups is 1. The molecule has 0 bridgehead atoms. The number of nitro benzene ring substituents is 1. The topological polar surface area (TPSA) is 129 Å². The second-order valence-electron chi connectivity index (χ2n) is 5.52. The second kappa shape index (κ2) is 8.39. The molecule has 1 aromatic rings. The third-order valence-corrected chi connectivity index (χ3v) is 4.04. The van der Waals surface area contributed by atoms with Gasteiger partial charge in [0.1, 0.15) is 5.75 Å². The standard InChI is InChI=1S/C17H21N3O7/c1-5-10-14(16(21)27-6-2)15(19-17(22)18-10)9-7-11(20(23)24)13(26-4)8-12(9)25-3/h7-8,15H,5-6H2,1-4H3,(H2,18,19,22). The van der Waals surface area contributed by atoms with Crippen molar-refractivity contribution in [2.75, 3.05) is 20.8 Å². The minimum Gasteiger partial charge on any atom is -0.496 e. The van der Waals surface area contributed by atoms with Crippen molar-refractivity contribution in [2.24, 2.45) is 0 Å². The van der Waals surface area contributed by atoms with Crippen LogP contribution in [0.25, 0.3) is 0 Å². The monoisotopic (exact) mass is 379 g/mol. The predicted molar refractivity (Wildman–Crippen MR) is 94.6 cm³/mol. The van der Waals surface area contributed by atoms with E-state index in [2.05, 4.69) is 10.6 Å². The van der Waals surface area contributed by atoms with Gasteiger partial charge in [-0.05, 0) is 13.3 Å². The van der Waals surface area contributed by atoms with Gasteiger partial charge >= 0.3 is 17.7 Å². The zero-order chi connectivity index (χ0) is 20.1. The van der Waals surface area contributed by atoms with Gasteiger partial charge in [0.25, 0.3) is 0 Å². The van der Waals surface area contributed by atoms with Crippen molar-refractivity contribution in [1.82, 2.24) is 10.6 Å². The number of carbonyl (C=O) groups excluding carboxylic acids is 2. The van der Waals surface area contributed by atoms with Crippen LogP contribution in [0.2, 0.25) is 0 Å². The second-order valence-corrected chi connectivity index (χ2v) is 5.52. The highest BCUT2D eigenvalue weighted by Crippen LogP contribution is 2.40. The largest absolute Gasteiger partial charge is 0.496 e. The summed E-state index contributed by atoms with van der Waals surface area (Å²) in [7, 11) is 2.67. The van der Waals surface area contributed by atoms with Crippen molar-refractivity contribution in [3.8, 4) is 11.5 Å². The fraction of sp³-hybridized carbons (Fsp3) is 0.412. The minimum atomic E-state index is -0.979. The van der Waals surface area contributed by atoms with Crippen LogP contribution < -0.4 is 20.1 Å². The number of ether oxygens (including phenoxy) is 3. The Morgan fingerprint density at radius 3 is 2.41 bits per heavy atom. The maximum absolute atomic E-state index is 12.5. The molecule has 1 aromatic carbocycles. The Kier molecular flexibility index (Phi) is 6.22. The van der Waals surface area contributed by atoms with E-state index in [0.29, 0.717) is 12.1 Å². The molecule has 10 heteroatoms.